The van der Waals surface area contributed by atoms with Crippen molar-refractivity contribution in [1.29, 1.82) is 0 Å². The van der Waals surface area contributed by atoms with Gasteiger partial charge in [0, 0.05) is 59.3 Å². The third kappa shape index (κ3) is 10.1. The molecule has 1 aliphatic carbocycles. The quantitative estimate of drug-likeness (QED) is 0.0587. The van der Waals surface area contributed by atoms with Crippen LogP contribution in [0, 0.1) is 23.8 Å². The molecule has 3 nitrogen and oxygen atoms in total. The summed E-state index contributed by atoms with van der Waals surface area (Å²) >= 11 is 1.96. The summed E-state index contributed by atoms with van der Waals surface area (Å²) in [6, 6.07) is 22.3. The first-order valence-corrected chi connectivity index (χ1v) is 27.8. The summed E-state index contributed by atoms with van der Waals surface area (Å²) in [6.45, 7) is 22.8. The van der Waals surface area contributed by atoms with Gasteiger partial charge in [0.05, 0.1) is 21.9 Å². The Labute approximate surface area is 339 Å². The van der Waals surface area contributed by atoms with Crippen LogP contribution in [0.5, 0.6) is 0 Å². The van der Waals surface area contributed by atoms with Crippen LogP contribution in [0.25, 0.3) is 42.2 Å². The van der Waals surface area contributed by atoms with Crippen LogP contribution in [0.2, 0.25) is 39.3 Å². The van der Waals surface area contributed by atoms with Crippen LogP contribution in [0.1, 0.15) is 84.6 Å². The Morgan fingerprint density at radius 3 is 2.09 bits per heavy atom. The van der Waals surface area contributed by atoms with E-state index < -0.39 is 16.1 Å². The van der Waals surface area contributed by atoms with Crippen molar-refractivity contribution >= 4 is 74.6 Å². The summed E-state index contributed by atoms with van der Waals surface area (Å²) < 4.78 is 2.77. The van der Waals surface area contributed by atoms with Gasteiger partial charge in [-0.1, -0.05) is 134 Å². The number of aliphatic hydroxyl groups is 1. The van der Waals surface area contributed by atoms with Crippen LogP contribution in [-0.2, 0) is 31.3 Å². The molecule has 1 N–H and O–H groups in total. The van der Waals surface area contributed by atoms with Gasteiger partial charge in [0.25, 0.3) is 0 Å². The van der Waals surface area contributed by atoms with E-state index >= 15 is 0 Å². The molecule has 1 saturated carbocycles. The van der Waals surface area contributed by atoms with E-state index in [9.17, 15) is 9.90 Å². The minimum atomic E-state index is -1.59. The molecule has 7 heteroatoms. The second-order valence-electron chi connectivity index (χ2n) is 17.2. The average Bonchev–Trinajstić information content (AvgIpc) is 3.75. The number of ketones is 1. The maximum Gasteiger partial charge on any atom is 0.162 e. The molecular formula is C46H62IrNO2SSi2-. The molecule has 2 aromatic heterocycles. The molecule has 1 fully saturated rings. The SMILES string of the molecule is CCC(CC)C(=O)/C=C(\O)C(CC)CC.C[Si](C)(C)c1cc(-c2ncc([Si](C)(C)C)c3c2sc2cc(CC4CCCC4)ccc23)[c-]c2ccccc12.[Ir]. The number of thiophene rings is 1. The Kier molecular flexibility index (Phi) is 15.1. The third-order valence-electron chi connectivity index (χ3n) is 11.3. The number of nitrogens with zero attached hydrogens (tertiary/aromatic N) is 1. The van der Waals surface area contributed by atoms with Crippen LogP contribution in [0.4, 0.5) is 0 Å². The number of rotatable bonds is 12. The predicted molar refractivity (Wildman–Crippen MR) is 234 cm³/mol. The fourth-order valence-electron chi connectivity index (χ4n) is 8.02. The number of pyridine rings is 1. The molecule has 1 radical (unpaired) electrons. The van der Waals surface area contributed by atoms with E-state index in [-0.39, 0.29) is 43.5 Å². The molecule has 3 aromatic carbocycles. The first-order chi connectivity index (χ1) is 24.7. The van der Waals surface area contributed by atoms with Gasteiger partial charge in [-0.25, -0.2) is 0 Å². The standard InChI is InChI=1S/C33H38NSSi2.C13H24O2.Ir/c1-36(2,3)29-20-25(19-24-13-9-10-14-26(24)29)32-33-31(30(21-34-32)37(4,5)6)27-16-15-23(18-28(27)35-33)17-22-11-7-8-12-22;1-5-10(6-2)12(14)9-13(15)11(7-3)8-4;/h9-10,13-16,18,20-22H,7-8,11-12,17H2,1-6H3;9-11,14H,5-8H2,1-4H3;/q-1;;/b;12-9-;. The second kappa shape index (κ2) is 18.5. The summed E-state index contributed by atoms with van der Waals surface area (Å²) in [5.41, 5.74) is 3.77. The Balaban J connectivity index is 0.000000335. The smallest absolute Gasteiger partial charge is 0.162 e. The zero-order valence-corrected chi connectivity index (χ0v) is 39.1. The van der Waals surface area contributed by atoms with Gasteiger partial charge in [-0.2, -0.15) is 0 Å². The zero-order valence-electron chi connectivity index (χ0n) is 33.9. The Morgan fingerprint density at radius 1 is 0.868 bits per heavy atom. The van der Waals surface area contributed by atoms with Crippen LogP contribution in [0.3, 0.4) is 0 Å². The third-order valence-corrected chi connectivity index (χ3v) is 16.5. The number of hydrogen-bond donors (Lipinski definition) is 1. The molecule has 53 heavy (non-hydrogen) atoms. The summed E-state index contributed by atoms with van der Waals surface area (Å²) in [5.74, 6) is 1.42. The summed E-state index contributed by atoms with van der Waals surface area (Å²) in [5, 5.41) is 18.2. The summed E-state index contributed by atoms with van der Waals surface area (Å²) in [6.07, 6.45) is 14.0. The van der Waals surface area contributed by atoms with E-state index in [0.29, 0.717) is 0 Å². The Morgan fingerprint density at radius 2 is 1.49 bits per heavy atom. The molecule has 287 valence electrons. The number of aromatic nitrogens is 1. The number of carbonyl (C=O) groups excluding carboxylic acids is 1. The molecule has 0 saturated heterocycles. The monoisotopic (exact) mass is 941 g/mol. The number of allylic oxidation sites excluding steroid dienone is 2. The summed E-state index contributed by atoms with van der Waals surface area (Å²) in [4.78, 5) is 16.9. The maximum absolute atomic E-state index is 11.7. The first kappa shape index (κ1) is 43.3. The Bertz CT molecular complexity index is 2040. The van der Waals surface area contributed by atoms with E-state index in [4.69, 9.17) is 4.98 Å². The Hall–Kier alpha value is -2.42. The van der Waals surface area contributed by atoms with Gasteiger partial charge in [-0.15, -0.1) is 40.1 Å². The van der Waals surface area contributed by atoms with Crippen molar-refractivity contribution in [2.45, 2.75) is 125 Å². The molecule has 1 aliphatic rings. The van der Waals surface area contributed by atoms with Crippen molar-refractivity contribution in [2.24, 2.45) is 17.8 Å². The van der Waals surface area contributed by atoms with Crippen molar-refractivity contribution < 1.29 is 30.0 Å². The number of benzene rings is 3. The molecule has 0 bridgehead atoms. The van der Waals surface area contributed by atoms with Gasteiger partial charge in [-0.05, 0) is 65.6 Å². The molecular weight excluding hydrogens is 879 g/mol. The largest absolute Gasteiger partial charge is 0.512 e. The van der Waals surface area contributed by atoms with Crippen LogP contribution >= 0.6 is 11.3 Å². The van der Waals surface area contributed by atoms with Crippen LogP contribution in [0.15, 0.2) is 66.6 Å². The topological polar surface area (TPSA) is 50.2 Å². The van der Waals surface area contributed by atoms with E-state index in [0.717, 1.165) is 42.9 Å². The van der Waals surface area contributed by atoms with E-state index in [1.165, 1.54) is 85.1 Å². The molecule has 0 atom stereocenters. The minimum absolute atomic E-state index is 0. The predicted octanol–water partition coefficient (Wildman–Crippen LogP) is 12.8. The maximum atomic E-state index is 11.7. The normalized spacial score (nSPS) is 14.3. The summed E-state index contributed by atoms with van der Waals surface area (Å²) in [7, 11) is -3.15. The van der Waals surface area contributed by atoms with Crippen molar-refractivity contribution in [3.8, 4) is 11.3 Å². The van der Waals surface area contributed by atoms with Gasteiger partial charge in [0.15, 0.2) is 5.78 Å². The molecule has 0 spiro atoms. The second-order valence-corrected chi connectivity index (χ2v) is 28.3. The van der Waals surface area contributed by atoms with Crippen LogP contribution < -0.4 is 10.4 Å². The average molecular weight is 941 g/mol. The fraction of sp³-hybridized carbons (Fsp3) is 0.478. The molecule has 0 aliphatic heterocycles. The first-order valence-electron chi connectivity index (χ1n) is 19.9. The number of hydrogen-bond acceptors (Lipinski definition) is 4. The van der Waals surface area contributed by atoms with E-state index in [1.807, 2.05) is 39.0 Å². The number of fused-ring (bicyclic) bond motifs is 4. The molecule has 0 amide bonds. The van der Waals surface area contributed by atoms with Gasteiger partial charge in [-0.3, -0.25) is 9.78 Å². The number of aliphatic hydroxyl groups excluding tert-OH is 1. The molecule has 6 rings (SSSR count). The van der Waals surface area contributed by atoms with Gasteiger partial charge < -0.3 is 5.11 Å². The molecule has 0 unspecified atom stereocenters. The van der Waals surface area contributed by atoms with Crippen molar-refractivity contribution in [1.82, 2.24) is 4.98 Å². The van der Waals surface area contributed by atoms with E-state index in [1.54, 1.807) is 0 Å². The van der Waals surface area contributed by atoms with Gasteiger partial charge in [0.1, 0.15) is 0 Å². The fourth-order valence-corrected chi connectivity index (χ4v) is 12.5. The van der Waals surface area contributed by atoms with Gasteiger partial charge >= 0.3 is 0 Å². The van der Waals surface area contributed by atoms with Crippen molar-refractivity contribution in [3.05, 3.63) is 78.2 Å². The van der Waals surface area contributed by atoms with Crippen molar-refractivity contribution in [2.75, 3.05) is 0 Å². The van der Waals surface area contributed by atoms with E-state index in [2.05, 4.69) is 100 Å². The minimum Gasteiger partial charge on any atom is -0.512 e. The molecule has 2 heterocycles. The molecule has 5 aromatic rings. The van der Waals surface area contributed by atoms with Gasteiger partial charge in [0.2, 0.25) is 0 Å². The zero-order chi connectivity index (χ0) is 37.8. The number of carbonyl (C=O) groups is 1. The van der Waals surface area contributed by atoms with Crippen LogP contribution in [-0.4, -0.2) is 32.0 Å². The van der Waals surface area contributed by atoms with Crippen molar-refractivity contribution in [3.63, 3.8) is 0 Å².